The maximum absolute atomic E-state index is 11.1. The summed E-state index contributed by atoms with van der Waals surface area (Å²) in [5, 5.41) is 12.2. The maximum Gasteiger partial charge on any atom is 0.417 e. The number of rotatable bonds is 2. The molecular formula is C12H8BrNO3S. The van der Waals surface area contributed by atoms with Crippen molar-refractivity contribution in [3.8, 4) is 0 Å². The average molecular weight is 326 g/mol. The SMILES string of the molecule is O=c1[nH]c2ccc(C(O)c3sccc3Br)cc2o1. The molecule has 2 heterocycles. The van der Waals surface area contributed by atoms with Gasteiger partial charge in [-0.2, -0.15) is 0 Å². The van der Waals surface area contributed by atoms with E-state index in [1.165, 1.54) is 11.3 Å². The number of hydrogen-bond donors (Lipinski definition) is 2. The van der Waals surface area contributed by atoms with Crippen LogP contribution in [0.5, 0.6) is 0 Å². The van der Waals surface area contributed by atoms with Crippen molar-refractivity contribution in [1.82, 2.24) is 4.98 Å². The minimum absolute atomic E-state index is 0.448. The fourth-order valence-electron chi connectivity index (χ4n) is 1.78. The summed E-state index contributed by atoms with van der Waals surface area (Å²) in [6.07, 6.45) is -0.732. The summed E-state index contributed by atoms with van der Waals surface area (Å²) in [6.45, 7) is 0. The Labute approximate surface area is 114 Å². The van der Waals surface area contributed by atoms with Crippen LogP contribution in [0.4, 0.5) is 0 Å². The number of hydrogen-bond acceptors (Lipinski definition) is 4. The van der Waals surface area contributed by atoms with Crippen LogP contribution in [0.25, 0.3) is 11.1 Å². The molecule has 1 atom stereocenters. The van der Waals surface area contributed by atoms with E-state index in [0.29, 0.717) is 16.7 Å². The Morgan fingerprint density at radius 2 is 2.22 bits per heavy atom. The molecule has 0 saturated heterocycles. The molecule has 1 unspecified atom stereocenters. The van der Waals surface area contributed by atoms with Gasteiger partial charge in [-0.3, -0.25) is 4.98 Å². The molecule has 0 amide bonds. The number of halogens is 1. The van der Waals surface area contributed by atoms with Crippen LogP contribution < -0.4 is 5.76 Å². The molecule has 18 heavy (non-hydrogen) atoms. The van der Waals surface area contributed by atoms with E-state index in [2.05, 4.69) is 20.9 Å². The summed E-state index contributed by atoms with van der Waals surface area (Å²) in [4.78, 5) is 14.4. The molecule has 4 nitrogen and oxygen atoms in total. The summed E-state index contributed by atoms with van der Waals surface area (Å²) < 4.78 is 5.85. The number of fused-ring (bicyclic) bond motifs is 1. The van der Waals surface area contributed by atoms with Crippen molar-refractivity contribution in [2.45, 2.75) is 6.10 Å². The molecule has 1 aromatic carbocycles. The van der Waals surface area contributed by atoms with Gasteiger partial charge in [0, 0.05) is 4.47 Å². The normalized spacial score (nSPS) is 13.0. The molecule has 0 radical (unpaired) electrons. The first-order chi connectivity index (χ1) is 8.65. The lowest BCUT2D eigenvalue weighted by atomic mass is 10.1. The third-order valence-corrected chi connectivity index (χ3v) is 4.58. The number of aromatic amines is 1. The van der Waals surface area contributed by atoms with Crippen molar-refractivity contribution in [2.24, 2.45) is 0 Å². The molecule has 0 spiro atoms. The van der Waals surface area contributed by atoms with Gasteiger partial charge in [0.25, 0.3) is 0 Å². The van der Waals surface area contributed by atoms with Crippen LogP contribution >= 0.6 is 27.3 Å². The van der Waals surface area contributed by atoms with Gasteiger partial charge in [-0.25, -0.2) is 4.79 Å². The quantitative estimate of drug-likeness (QED) is 0.761. The first-order valence-corrected chi connectivity index (χ1v) is 6.86. The standard InChI is InChI=1S/C12H8BrNO3S/c13-7-3-4-18-11(7)10(15)6-1-2-8-9(5-6)17-12(16)14-8/h1-5,10,15H,(H,14,16). The topological polar surface area (TPSA) is 66.2 Å². The number of oxazole rings is 1. The highest BCUT2D eigenvalue weighted by Crippen LogP contribution is 2.33. The first kappa shape index (κ1) is 11.7. The minimum Gasteiger partial charge on any atom is -0.408 e. The van der Waals surface area contributed by atoms with E-state index >= 15 is 0 Å². The van der Waals surface area contributed by atoms with Crippen LogP contribution in [0.15, 0.2) is 43.3 Å². The first-order valence-electron chi connectivity index (χ1n) is 5.19. The number of nitrogens with one attached hydrogen (secondary N) is 1. The van der Waals surface area contributed by atoms with Crippen LogP contribution in [0.3, 0.4) is 0 Å². The zero-order valence-corrected chi connectivity index (χ0v) is 11.4. The lowest BCUT2D eigenvalue weighted by Gasteiger charge is -2.09. The fraction of sp³-hybridized carbons (Fsp3) is 0.0833. The molecule has 0 aliphatic carbocycles. The molecule has 2 aromatic heterocycles. The van der Waals surface area contributed by atoms with Crippen molar-refractivity contribution in [3.63, 3.8) is 0 Å². The van der Waals surface area contributed by atoms with Crippen molar-refractivity contribution in [3.05, 3.63) is 55.1 Å². The monoisotopic (exact) mass is 325 g/mol. The van der Waals surface area contributed by atoms with Gasteiger partial charge in [0.15, 0.2) is 5.58 Å². The molecular weight excluding hydrogens is 318 g/mol. The number of aliphatic hydroxyl groups is 1. The van der Waals surface area contributed by atoms with Crippen LogP contribution in [-0.4, -0.2) is 10.1 Å². The predicted molar refractivity (Wildman–Crippen MR) is 72.9 cm³/mol. The van der Waals surface area contributed by atoms with Gasteiger partial charge in [0.05, 0.1) is 10.4 Å². The molecule has 0 aliphatic rings. The van der Waals surface area contributed by atoms with Crippen molar-refractivity contribution in [1.29, 1.82) is 0 Å². The van der Waals surface area contributed by atoms with Gasteiger partial charge in [-0.05, 0) is 45.1 Å². The lowest BCUT2D eigenvalue weighted by Crippen LogP contribution is -1.97. The van der Waals surface area contributed by atoms with E-state index in [4.69, 9.17) is 4.42 Å². The molecule has 92 valence electrons. The second-order valence-corrected chi connectivity index (χ2v) is 5.61. The second-order valence-electron chi connectivity index (χ2n) is 3.81. The Morgan fingerprint density at radius 1 is 1.39 bits per heavy atom. The largest absolute Gasteiger partial charge is 0.417 e. The Hall–Kier alpha value is -1.37. The summed E-state index contributed by atoms with van der Waals surface area (Å²) in [5.41, 5.74) is 1.76. The number of aliphatic hydroxyl groups excluding tert-OH is 1. The molecule has 0 fully saturated rings. The van der Waals surface area contributed by atoms with E-state index in [1.807, 2.05) is 11.4 Å². The maximum atomic E-state index is 11.1. The number of benzene rings is 1. The summed E-state index contributed by atoms with van der Waals surface area (Å²) in [5.74, 6) is -0.492. The van der Waals surface area contributed by atoms with Crippen LogP contribution in [-0.2, 0) is 0 Å². The summed E-state index contributed by atoms with van der Waals surface area (Å²) >= 11 is 4.85. The van der Waals surface area contributed by atoms with Crippen molar-refractivity contribution < 1.29 is 9.52 Å². The smallest absolute Gasteiger partial charge is 0.408 e. The zero-order chi connectivity index (χ0) is 12.7. The molecule has 2 N–H and O–H groups in total. The minimum atomic E-state index is -0.732. The number of thiophene rings is 1. The van der Waals surface area contributed by atoms with E-state index < -0.39 is 11.9 Å². The highest BCUT2D eigenvalue weighted by atomic mass is 79.9. The highest BCUT2D eigenvalue weighted by Gasteiger charge is 2.16. The van der Waals surface area contributed by atoms with Crippen LogP contribution in [0.1, 0.15) is 16.5 Å². The molecule has 0 saturated carbocycles. The van der Waals surface area contributed by atoms with Crippen molar-refractivity contribution >= 4 is 38.4 Å². The van der Waals surface area contributed by atoms with Gasteiger partial charge in [-0.15, -0.1) is 11.3 Å². The fourth-order valence-corrected chi connectivity index (χ4v) is 3.38. The summed E-state index contributed by atoms with van der Waals surface area (Å²) in [7, 11) is 0. The Kier molecular flexibility index (Phi) is 2.85. The Morgan fingerprint density at radius 3 is 2.94 bits per heavy atom. The second kappa shape index (κ2) is 4.38. The van der Waals surface area contributed by atoms with Gasteiger partial charge >= 0.3 is 5.76 Å². The Bertz CT molecular complexity index is 758. The van der Waals surface area contributed by atoms with E-state index in [-0.39, 0.29) is 0 Å². The zero-order valence-electron chi connectivity index (χ0n) is 9.01. The van der Waals surface area contributed by atoms with E-state index in [1.54, 1.807) is 18.2 Å². The Balaban J connectivity index is 2.09. The molecule has 3 aromatic rings. The van der Waals surface area contributed by atoms with E-state index in [0.717, 1.165) is 9.35 Å². The number of aromatic nitrogens is 1. The highest BCUT2D eigenvalue weighted by molar-refractivity contribution is 9.10. The molecule has 0 aliphatic heterocycles. The predicted octanol–water partition coefficient (Wildman–Crippen LogP) is 3.03. The van der Waals surface area contributed by atoms with E-state index in [9.17, 15) is 9.90 Å². The summed E-state index contributed by atoms with van der Waals surface area (Å²) in [6, 6.07) is 7.05. The molecule has 0 bridgehead atoms. The van der Waals surface area contributed by atoms with Gasteiger partial charge in [-0.1, -0.05) is 6.07 Å². The van der Waals surface area contributed by atoms with Crippen molar-refractivity contribution in [2.75, 3.05) is 0 Å². The molecule has 6 heteroatoms. The lowest BCUT2D eigenvalue weighted by molar-refractivity contribution is 0.223. The van der Waals surface area contributed by atoms with Gasteiger partial charge < -0.3 is 9.52 Å². The third-order valence-electron chi connectivity index (χ3n) is 2.65. The van der Waals surface area contributed by atoms with Gasteiger partial charge in [0.2, 0.25) is 0 Å². The van der Waals surface area contributed by atoms with Gasteiger partial charge in [0.1, 0.15) is 6.10 Å². The number of H-pyrrole nitrogens is 1. The van der Waals surface area contributed by atoms with Crippen LogP contribution in [0, 0.1) is 0 Å². The third kappa shape index (κ3) is 1.92. The molecule has 3 rings (SSSR count). The average Bonchev–Trinajstić information content (AvgIpc) is 2.91. The van der Waals surface area contributed by atoms with Crippen LogP contribution in [0.2, 0.25) is 0 Å².